The molecule has 0 spiro atoms. The van der Waals surface area contributed by atoms with Crippen molar-refractivity contribution >= 4 is 5.78 Å². The van der Waals surface area contributed by atoms with Crippen molar-refractivity contribution in [3.05, 3.63) is 0 Å². The molecular weight excluding hydrogens is 270 g/mol. The monoisotopic (exact) mass is 305 g/mol. The number of rotatable bonds is 5. The van der Waals surface area contributed by atoms with E-state index < -0.39 is 0 Å². The summed E-state index contributed by atoms with van der Waals surface area (Å²) in [6.45, 7) is 3.10. The molecule has 2 saturated carbocycles. The van der Waals surface area contributed by atoms with Crippen LogP contribution in [0.4, 0.5) is 0 Å². The van der Waals surface area contributed by atoms with Crippen LogP contribution in [0.2, 0.25) is 0 Å². The zero-order valence-electron chi connectivity index (χ0n) is 14.4. The molecule has 0 atom stereocenters. The van der Waals surface area contributed by atoms with Crippen molar-refractivity contribution in [2.45, 2.75) is 83.5 Å². The van der Waals surface area contributed by atoms with Gasteiger partial charge in [-0.3, -0.25) is 9.69 Å². The Bertz CT molecular complexity index is 334. The first-order valence-corrected chi connectivity index (χ1v) is 10.1. The Morgan fingerprint density at radius 2 is 1.27 bits per heavy atom. The van der Waals surface area contributed by atoms with Crippen LogP contribution in [0.1, 0.15) is 83.5 Å². The molecule has 1 aliphatic heterocycles. The highest BCUT2D eigenvalue weighted by atomic mass is 16.1. The molecular formula is C20H35NO. The van der Waals surface area contributed by atoms with E-state index in [4.69, 9.17) is 0 Å². The van der Waals surface area contributed by atoms with Crippen molar-refractivity contribution in [2.75, 3.05) is 19.6 Å². The highest BCUT2D eigenvalue weighted by molar-refractivity contribution is 5.83. The summed E-state index contributed by atoms with van der Waals surface area (Å²) in [6, 6.07) is 0. The summed E-state index contributed by atoms with van der Waals surface area (Å²) in [4.78, 5) is 14.9. The lowest BCUT2D eigenvalue weighted by molar-refractivity contribution is -0.125. The largest absolute Gasteiger partial charge is 0.298 e. The molecule has 3 fully saturated rings. The molecule has 3 aliphatic rings. The van der Waals surface area contributed by atoms with E-state index in [2.05, 4.69) is 4.90 Å². The third kappa shape index (κ3) is 4.81. The molecule has 0 radical (unpaired) electrons. The van der Waals surface area contributed by atoms with Gasteiger partial charge in [-0.25, -0.2) is 0 Å². The van der Waals surface area contributed by atoms with Crippen molar-refractivity contribution in [2.24, 2.45) is 17.8 Å². The first-order chi connectivity index (χ1) is 10.8. The van der Waals surface area contributed by atoms with E-state index in [1.165, 1.54) is 83.7 Å². The van der Waals surface area contributed by atoms with Gasteiger partial charge in [-0.1, -0.05) is 51.4 Å². The number of hydrogen-bond acceptors (Lipinski definition) is 2. The predicted octanol–water partition coefficient (Wildman–Crippen LogP) is 4.82. The van der Waals surface area contributed by atoms with Gasteiger partial charge in [0.05, 0.1) is 6.54 Å². The number of piperidine rings is 1. The van der Waals surface area contributed by atoms with Gasteiger partial charge in [0.15, 0.2) is 0 Å². The Hall–Kier alpha value is -0.370. The third-order valence-corrected chi connectivity index (χ3v) is 6.54. The Labute approximate surface area is 137 Å². The standard InChI is InChI=1S/C20H35NO/c22-20(19-9-5-2-6-10-19)16-21-13-11-18(12-14-21)15-17-7-3-1-4-8-17/h17-19H,1-16H2. The smallest absolute Gasteiger partial charge is 0.149 e. The predicted molar refractivity (Wildman–Crippen MR) is 91.9 cm³/mol. The Morgan fingerprint density at radius 1 is 0.727 bits per heavy atom. The molecule has 0 bridgehead atoms. The maximum absolute atomic E-state index is 12.4. The van der Waals surface area contributed by atoms with Crippen molar-refractivity contribution in [1.29, 1.82) is 0 Å². The number of Topliss-reactive ketones (excluding diaryl/α,β-unsaturated/α-hetero) is 1. The lowest BCUT2D eigenvalue weighted by Crippen LogP contribution is -2.39. The fourth-order valence-corrected chi connectivity index (χ4v) is 5.05. The second kappa shape index (κ2) is 8.47. The van der Waals surface area contributed by atoms with E-state index in [0.29, 0.717) is 11.7 Å². The SMILES string of the molecule is O=C(CN1CCC(CC2CCCCC2)CC1)C1CCCCC1. The first-order valence-electron chi connectivity index (χ1n) is 10.1. The quantitative estimate of drug-likeness (QED) is 0.726. The number of likely N-dealkylation sites (tertiary alicyclic amines) is 1. The molecule has 0 amide bonds. The second-order valence-corrected chi connectivity index (χ2v) is 8.26. The maximum Gasteiger partial charge on any atom is 0.149 e. The molecule has 3 rings (SSSR count). The fraction of sp³-hybridized carbons (Fsp3) is 0.950. The Morgan fingerprint density at radius 3 is 1.91 bits per heavy atom. The summed E-state index contributed by atoms with van der Waals surface area (Å²) < 4.78 is 0. The van der Waals surface area contributed by atoms with Crippen LogP contribution in [0.15, 0.2) is 0 Å². The normalized spacial score (nSPS) is 27.1. The van der Waals surface area contributed by atoms with Gasteiger partial charge in [0.1, 0.15) is 5.78 Å². The van der Waals surface area contributed by atoms with Crippen LogP contribution in [0.3, 0.4) is 0 Å². The number of nitrogens with zero attached hydrogens (tertiary/aromatic N) is 1. The second-order valence-electron chi connectivity index (χ2n) is 8.26. The van der Waals surface area contributed by atoms with Gasteiger partial charge in [-0.05, 0) is 57.0 Å². The molecule has 1 saturated heterocycles. The van der Waals surface area contributed by atoms with Crippen LogP contribution < -0.4 is 0 Å². The van der Waals surface area contributed by atoms with Crippen LogP contribution in [0.5, 0.6) is 0 Å². The van der Waals surface area contributed by atoms with Crippen molar-refractivity contribution in [3.8, 4) is 0 Å². The molecule has 2 nitrogen and oxygen atoms in total. The van der Waals surface area contributed by atoms with E-state index in [1.54, 1.807) is 0 Å². The van der Waals surface area contributed by atoms with E-state index in [-0.39, 0.29) is 0 Å². The average Bonchev–Trinajstić information content (AvgIpc) is 2.58. The summed E-state index contributed by atoms with van der Waals surface area (Å²) in [5.41, 5.74) is 0. The van der Waals surface area contributed by atoms with E-state index in [1.807, 2.05) is 0 Å². The van der Waals surface area contributed by atoms with Crippen molar-refractivity contribution in [1.82, 2.24) is 4.90 Å². The van der Waals surface area contributed by atoms with Gasteiger partial charge in [-0.2, -0.15) is 0 Å². The van der Waals surface area contributed by atoms with Gasteiger partial charge in [0.25, 0.3) is 0 Å². The van der Waals surface area contributed by atoms with Crippen LogP contribution in [0.25, 0.3) is 0 Å². The molecule has 0 N–H and O–H groups in total. The van der Waals surface area contributed by atoms with Gasteiger partial charge < -0.3 is 0 Å². The molecule has 0 aromatic rings. The molecule has 22 heavy (non-hydrogen) atoms. The van der Waals surface area contributed by atoms with Gasteiger partial charge in [-0.15, -0.1) is 0 Å². The highest BCUT2D eigenvalue weighted by Gasteiger charge is 2.27. The van der Waals surface area contributed by atoms with Crippen molar-refractivity contribution in [3.63, 3.8) is 0 Å². The number of carbonyl (C=O) groups excluding carboxylic acids is 1. The molecule has 0 aromatic heterocycles. The van der Waals surface area contributed by atoms with Crippen LogP contribution in [-0.4, -0.2) is 30.3 Å². The lowest BCUT2D eigenvalue weighted by atomic mass is 9.79. The summed E-state index contributed by atoms with van der Waals surface area (Å²) in [7, 11) is 0. The minimum absolute atomic E-state index is 0.397. The van der Waals surface area contributed by atoms with E-state index in [9.17, 15) is 4.79 Å². The van der Waals surface area contributed by atoms with Crippen molar-refractivity contribution < 1.29 is 4.79 Å². The zero-order chi connectivity index (χ0) is 15.2. The topological polar surface area (TPSA) is 20.3 Å². The third-order valence-electron chi connectivity index (χ3n) is 6.54. The van der Waals surface area contributed by atoms with E-state index in [0.717, 1.165) is 31.2 Å². The molecule has 2 aliphatic carbocycles. The molecule has 2 heteroatoms. The Balaban J connectivity index is 1.35. The van der Waals surface area contributed by atoms with Gasteiger partial charge in [0.2, 0.25) is 0 Å². The van der Waals surface area contributed by atoms with Crippen LogP contribution >= 0.6 is 0 Å². The number of hydrogen-bond donors (Lipinski definition) is 0. The summed E-state index contributed by atoms with van der Waals surface area (Å²) in [5, 5.41) is 0. The highest BCUT2D eigenvalue weighted by Crippen LogP contribution is 2.33. The summed E-state index contributed by atoms with van der Waals surface area (Å²) >= 11 is 0. The van der Waals surface area contributed by atoms with E-state index >= 15 is 0 Å². The van der Waals surface area contributed by atoms with Gasteiger partial charge >= 0.3 is 0 Å². The molecule has 126 valence electrons. The lowest BCUT2D eigenvalue weighted by Gasteiger charge is -2.35. The molecule has 0 aromatic carbocycles. The summed E-state index contributed by atoms with van der Waals surface area (Å²) in [6.07, 6.45) is 17.8. The minimum atomic E-state index is 0.397. The molecule has 1 heterocycles. The summed E-state index contributed by atoms with van der Waals surface area (Å²) in [5.74, 6) is 2.91. The van der Waals surface area contributed by atoms with Gasteiger partial charge in [0, 0.05) is 5.92 Å². The fourth-order valence-electron chi connectivity index (χ4n) is 5.05. The number of carbonyl (C=O) groups is 1. The minimum Gasteiger partial charge on any atom is -0.298 e. The zero-order valence-corrected chi connectivity index (χ0v) is 14.4. The Kier molecular flexibility index (Phi) is 6.35. The average molecular weight is 306 g/mol. The maximum atomic E-state index is 12.4. The van der Waals surface area contributed by atoms with Crippen LogP contribution in [-0.2, 0) is 4.79 Å². The number of ketones is 1. The molecule has 0 unspecified atom stereocenters. The van der Waals surface area contributed by atoms with Crippen LogP contribution in [0, 0.1) is 17.8 Å². The first kappa shape index (κ1) is 16.5.